The van der Waals surface area contributed by atoms with Crippen molar-refractivity contribution >= 4 is 13.1 Å². The minimum absolute atomic E-state index is 0.0832. The summed E-state index contributed by atoms with van der Waals surface area (Å²) >= 11 is 0. The summed E-state index contributed by atoms with van der Waals surface area (Å²) in [7, 11) is 1.31. The average molecular weight is 254 g/mol. The molecule has 18 heavy (non-hydrogen) atoms. The van der Waals surface area contributed by atoms with Crippen molar-refractivity contribution in [3.63, 3.8) is 0 Å². The Kier molecular flexibility index (Phi) is 3.49. The zero-order valence-electron chi connectivity index (χ0n) is 12.0. The van der Waals surface area contributed by atoms with Crippen LogP contribution in [0.2, 0.25) is 6.32 Å². The number of carbonyl (C=O) groups is 1. The van der Waals surface area contributed by atoms with Gasteiger partial charge < -0.3 is 14.0 Å². The molecule has 1 saturated heterocycles. The molecule has 2 rings (SSSR count). The van der Waals surface area contributed by atoms with Gasteiger partial charge in [-0.25, -0.2) is 0 Å². The fourth-order valence-corrected chi connectivity index (χ4v) is 2.62. The van der Waals surface area contributed by atoms with Crippen molar-refractivity contribution in [2.45, 2.75) is 58.1 Å². The molecule has 0 amide bonds. The van der Waals surface area contributed by atoms with E-state index in [0.29, 0.717) is 5.92 Å². The lowest BCUT2D eigenvalue weighted by molar-refractivity contribution is -0.149. The number of rotatable bonds is 3. The fraction of sp³-hybridized carbons (Fsp3) is 0.923. The first-order chi connectivity index (χ1) is 8.25. The summed E-state index contributed by atoms with van der Waals surface area (Å²) in [6.45, 7) is 8.24. The highest BCUT2D eigenvalue weighted by atomic mass is 16.7. The summed E-state index contributed by atoms with van der Waals surface area (Å²) in [4.78, 5) is 11.3. The van der Waals surface area contributed by atoms with Gasteiger partial charge in [0.25, 0.3) is 0 Å². The highest BCUT2D eigenvalue weighted by molar-refractivity contribution is 6.45. The maximum absolute atomic E-state index is 11.3. The van der Waals surface area contributed by atoms with Gasteiger partial charge in [-0.3, -0.25) is 4.79 Å². The Labute approximate surface area is 110 Å². The Morgan fingerprint density at radius 3 is 2.17 bits per heavy atom. The first kappa shape index (κ1) is 13.9. The SMILES string of the molecule is COC(=O)C1CC(CB2OC(C)(C)C(C)(C)O2)C1. The van der Waals surface area contributed by atoms with E-state index in [9.17, 15) is 4.79 Å². The second-order valence-electron chi connectivity index (χ2n) is 6.48. The third-order valence-corrected chi connectivity index (χ3v) is 4.60. The third kappa shape index (κ3) is 2.43. The first-order valence-corrected chi connectivity index (χ1v) is 6.68. The highest BCUT2D eigenvalue weighted by Crippen LogP contribution is 2.43. The summed E-state index contributed by atoms with van der Waals surface area (Å²) < 4.78 is 16.6. The minimum atomic E-state index is -0.261. The van der Waals surface area contributed by atoms with Gasteiger partial charge in [-0.15, -0.1) is 0 Å². The van der Waals surface area contributed by atoms with E-state index in [4.69, 9.17) is 14.0 Å². The molecular formula is C13H23BO4. The monoisotopic (exact) mass is 254 g/mol. The van der Waals surface area contributed by atoms with Crippen molar-refractivity contribution in [2.75, 3.05) is 7.11 Å². The van der Waals surface area contributed by atoms with Gasteiger partial charge in [0.2, 0.25) is 0 Å². The van der Waals surface area contributed by atoms with Gasteiger partial charge in [0.05, 0.1) is 24.2 Å². The van der Waals surface area contributed by atoms with Crippen LogP contribution in [0.3, 0.4) is 0 Å². The van der Waals surface area contributed by atoms with Crippen molar-refractivity contribution in [3.8, 4) is 0 Å². The Morgan fingerprint density at radius 1 is 1.22 bits per heavy atom. The van der Waals surface area contributed by atoms with Crippen LogP contribution in [-0.4, -0.2) is 31.4 Å². The molecular weight excluding hydrogens is 231 g/mol. The van der Waals surface area contributed by atoms with Crippen LogP contribution < -0.4 is 0 Å². The lowest BCUT2D eigenvalue weighted by atomic mass is 9.64. The fourth-order valence-electron chi connectivity index (χ4n) is 2.62. The van der Waals surface area contributed by atoms with E-state index in [1.54, 1.807) is 0 Å². The van der Waals surface area contributed by atoms with Gasteiger partial charge in [0, 0.05) is 0 Å². The lowest BCUT2D eigenvalue weighted by Crippen LogP contribution is -2.41. The maximum atomic E-state index is 11.3. The van der Waals surface area contributed by atoms with E-state index in [1.807, 2.05) is 0 Å². The molecule has 0 N–H and O–H groups in total. The molecule has 0 aromatic carbocycles. The largest absolute Gasteiger partial charge is 0.469 e. The normalized spacial score (nSPS) is 33.1. The summed E-state index contributed by atoms with van der Waals surface area (Å²) in [6.07, 6.45) is 2.67. The number of esters is 1. The molecule has 5 heteroatoms. The molecule has 0 aromatic rings. The minimum Gasteiger partial charge on any atom is -0.469 e. The summed E-state index contributed by atoms with van der Waals surface area (Å²) in [6, 6.07) is 0. The molecule has 0 radical (unpaired) electrons. The van der Waals surface area contributed by atoms with Crippen LogP contribution in [0.5, 0.6) is 0 Å². The van der Waals surface area contributed by atoms with E-state index in [0.717, 1.165) is 19.2 Å². The van der Waals surface area contributed by atoms with Gasteiger partial charge in [-0.1, -0.05) is 0 Å². The maximum Gasteiger partial charge on any atom is 0.458 e. The number of ether oxygens (including phenoxy) is 1. The van der Waals surface area contributed by atoms with Crippen molar-refractivity contribution in [1.82, 2.24) is 0 Å². The molecule has 0 bridgehead atoms. The quantitative estimate of drug-likeness (QED) is 0.572. The van der Waals surface area contributed by atoms with Gasteiger partial charge in [-0.2, -0.15) is 0 Å². The van der Waals surface area contributed by atoms with Crippen LogP contribution in [-0.2, 0) is 18.8 Å². The molecule has 2 aliphatic rings. The molecule has 0 unspecified atom stereocenters. The standard InChI is InChI=1S/C13H23BO4/c1-12(2)13(3,4)18-14(17-12)8-9-6-10(7-9)11(15)16-5/h9-10H,6-8H2,1-5H3. The van der Waals surface area contributed by atoms with E-state index in [1.165, 1.54) is 7.11 Å². The summed E-state index contributed by atoms with van der Waals surface area (Å²) in [5, 5.41) is 0. The van der Waals surface area contributed by atoms with E-state index in [-0.39, 0.29) is 30.2 Å². The highest BCUT2D eigenvalue weighted by Gasteiger charge is 2.52. The van der Waals surface area contributed by atoms with Crippen molar-refractivity contribution in [1.29, 1.82) is 0 Å². The molecule has 1 saturated carbocycles. The Bertz CT molecular complexity index is 318. The van der Waals surface area contributed by atoms with Crippen molar-refractivity contribution in [2.24, 2.45) is 11.8 Å². The van der Waals surface area contributed by atoms with Crippen molar-refractivity contribution in [3.05, 3.63) is 0 Å². The Morgan fingerprint density at radius 2 is 1.72 bits per heavy atom. The topological polar surface area (TPSA) is 44.8 Å². The molecule has 0 spiro atoms. The second-order valence-corrected chi connectivity index (χ2v) is 6.48. The zero-order valence-corrected chi connectivity index (χ0v) is 12.0. The third-order valence-electron chi connectivity index (χ3n) is 4.60. The molecule has 1 aliphatic carbocycles. The summed E-state index contributed by atoms with van der Waals surface area (Å²) in [5.74, 6) is 0.520. The smallest absolute Gasteiger partial charge is 0.458 e. The van der Waals surface area contributed by atoms with Gasteiger partial charge in [0.15, 0.2) is 0 Å². The van der Waals surface area contributed by atoms with Gasteiger partial charge >= 0.3 is 13.1 Å². The van der Waals surface area contributed by atoms with Gasteiger partial charge in [0.1, 0.15) is 0 Å². The van der Waals surface area contributed by atoms with Crippen LogP contribution in [0.4, 0.5) is 0 Å². The molecule has 2 fully saturated rings. The average Bonchev–Trinajstić information content (AvgIpc) is 2.39. The van der Waals surface area contributed by atoms with E-state index < -0.39 is 0 Å². The molecule has 4 nitrogen and oxygen atoms in total. The van der Waals surface area contributed by atoms with Crippen LogP contribution in [0.1, 0.15) is 40.5 Å². The Balaban J connectivity index is 1.79. The number of hydrogen-bond donors (Lipinski definition) is 0. The van der Waals surface area contributed by atoms with Gasteiger partial charge in [-0.05, 0) is 52.8 Å². The predicted molar refractivity (Wildman–Crippen MR) is 69.1 cm³/mol. The molecule has 0 aromatic heterocycles. The van der Waals surface area contributed by atoms with E-state index in [2.05, 4.69) is 27.7 Å². The number of hydrogen-bond acceptors (Lipinski definition) is 4. The zero-order chi connectivity index (χ0) is 13.6. The van der Waals surface area contributed by atoms with E-state index >= 15 is 0 Å². The van der Waals surface area contributed by atoms with Crippen molar-refractivity contribution < 1.29 is 18.8 Å². The second kappa shape index (κ2) is 4.53. The number of carbonyl (C=O) groups excluding carboxylic acids is 1. The Hall–Kier alpha value is -0.545. The molecule has 102 valence electrons. The molecule has 1 heterocycles. The van der Waals surface area contributed by atoms with Crippen LogP contribution >= 0.6 is 0 Å². The van der Waals surface area contributed by atoms with Crippen LogP contribution in [0, 0.1) is 11.8 Å². The summed E-state index contributed by atoms with van der Waals surface area (Å²) in [5.41, 5.74) is -0.521. The van der Waals surface area contributed by atoms with Crippen LogP contribution in [0.15, 0.2) is 0 Å². The first-order valence-electron chi connectivity index (χ1n) is 6.68. The molecule has 1 aliphatic heterocycles. The number of methoxy groups -OCH3 is 1. The molecule has 0 atom stereocenters. The predicted octanol–water partition coefficient (Wildman–Crippen LogP) is 2.28. The van der Waals surface area contributed by atoms with Crippen LogP contribution in [0.25, 0.3) is 0 Å². The lowest BCUT2D eigenvalue weighted by Gasteiger charge is -2.33.